The first-order valence-electron chi connectivity index (χ1n) is 8.00. The molecular formula is C19H22N2O2. The van der Waals surface area contributed by atoms with Gasteiger partial charge in [0.25, 0.3) is 5.91 Å². The number of benzene rings is 2. The van der Waals surface area contributed by atoms with Gasteiger partial charge in [0.05, 0.1) is 0 Å². The molecule has 2 aromatic carbocycles. The van der Waals surface area contributed by atoms with Gasteiger partial charge in [0, 0.05) is 12.6 Å². The minimum Gasteiger partial charge on any atom is -0.457 e. The lowest BCUT2D eigenvalue weighted by atomic mass is 10.0. The van der Waals surface area contributed by atoms with Crippen LogP contribution in [0, 0.1) is 6.92 Å². The number of carbonyl (C=O) groups is 1. The normalized spacial score (nSPS) is 13.8. The number of aryl methyl sites for hydroxylation is 1. The summed E-state index contributed by atoms with van der Waals surface area (Å²) in [5.41, 5.74) is 4.34. The van der Waals surface area contributed by atoms with Gasteiger partial charge in [0.1, 0.15) is 11.5 Å². The fourth-order valence-electron chi connectivity index (χ4n) is 2.89. The zero-order chi connectivity index (χ0) is 16.2. The molecule has 4 nitrogen and oxygen atoms in total. The van der Waals surface area contributed by atoms with E-state index in [4.69, 9.17) is 4.74 Å². The van der Waals surface area contributed by atoms with Crippen molar-refractivity contribution in [3.05, 3.63) is 58.7 Å². The van der Waals surface area contributed by atoms with Crippen LogP contribution in [0.1, 0.15) is 27.0 Å². The fraction of sp³-hybridized carbons (Fsp3) is 0.316. The first-order valence-corrected chi connectivity index (χ1v) is 8.00. The Morgan fingerprint density at radius 2 is 1.87 bits per heavy atom. The Balaban J connectivity index is 1.82. The summed E-state index contributed by atoms with van der Waals surface area (Å²) in [6.45, 7) is 4.00. The molecule has 2 aromatic rings. The van der Waals surface area contributed by atoms with Crippen LogP contribution in [0.15, 0.2) is 36.4 Å². The molecule has 0 unspecified atom stereocenters. The van der Waals surface area contributed by atoms with Gasteiger partial charge in [-0.05, 0) is 79.9 Å². The Bertz CT molecular complexity index is 725. The van der Waals surface area contributed by atoms with Crippen molar-refractivity contribution < 1.29 is 9.53 Å². The van der Waals surface area contributed by atoms with Crippen LogP contribution in [0.25, 0.3) is 0 Å². The Kier molecular flexibility index (Phi) is 4.63. The van der Waals surface area contributed by atoms with Crippen molar-refractivity contribution in [1.82, 2.24) is 10.6 Å². The molecule has 1 amide bonds. The van der Waals surface area contributed by atoms with Gasteiger partial charge in [-0.2, -0.15) is 0 Å². The number of hydrogen-bond donors (Lipinski definition) is 2. The maximum absolute atomic E-state index is 11.7. The first-order chi connectivity index (χ1) is 11.2. The lowest BCUT2D eigenvalue weighted by Crippen LogP contribution is -2.17. The number of rotatable bonds is 3. The van der Waals surface area contributed by atoms with Crippen molar-refractivity contribution in [2.24, 2.45) is 0 Å². The molecule has 1 heterocycles. The second-order valence-electron chi connectivity index (χ2n) is 5.84. The number of fused-ring (bicyclic) bond motifs is 1. The lowest BCUT2D eigenvalue weighted by molar-refractivity contribution is 0.0963. The van der Waals surface area contributed by atoms with Gasteiger partial charge in [-0.3, -0.25) is 4.79 Å². The summed E-state index contributed by atoms with van der Waals surface area (Å²) in [5.74, 6) is 1.54. The molecule has 0 saturated carbocycles. The second kappa shape index (κ2) is 6.84. The molecule has 23 heavy (non-hydrogen) atoms. The van der Waals surface area contributed by atoms with Crippen LogP contribution in [-0.4, -0.2) is 26.0 Å². The van der Waals surface area contributed by atoms with Crippen LogP contribution in [0.2, 0.25) is 0 Å². The highest BCUT2D eigenvalue weighted by Crippen LogP contribution is 2.28. The third kappa shape index (κ3) is 3.54. The second-order valence-corrected chi connectivity index (χ2v) is 5.84. The van der Waals surface area contributed by atoms with Crippen LogP contribution in [0.4, 0.5) is 0 Å². The molecule has 3 rings (SSSR count). The quantitative estimate of drug-likeness (QED) is 0.916. The Hall–Kier alpha value is -2.33. The van der Waals surface area contributed by atoms with E-state index in [1.165, 1.54) is 11.1 Å². The summed E-state index contributed by atoms with van der Waals surface area (Å²) in [5, 5.41) is 6.05. The molecule has 1 aliphatic rings. The lowest BCUT2D eigenvalue weighted by Gasteiger charge is -2.12. The van der Waals surface area contributed by atoms with E-state index < -0.39 is 0 Å². The van der Waals surface area contributed by atoms with Crippen molar-refractivity contribution in [2.75, 3.05) is 20.1 Å². The minimum absolute atomic E-state index is 0.0859. The SMILES string of the molecule is CNC(=O)c1ccc(Oc2ccc3c(c2)CCNCC3)c(C)c1. The largest absolute Gasteiger partial charge is 0.457 e. The van der Waals surface area contributed by atoms with E-state index in [0.29, 0.717) is 5.56 Å². The van der Waals surface area contributed by atoms with E-state index in [2.05, 4.69) is 22.8 Å². The average molecular weight is 310 g/mol. The monoisotopic (exact) mass is 310 g/mol. The van der Waals surface area contributed by atoms with Gasteiger partial charge < -0.3 is 15.4 Å². The molecular weight excluding hydrogens is 288 g/mol. The number of amides is 1. The zero-order valence-electron chi connectivity index (χ0n) is 13.6. The maximum atomic E-state index is 11.7. The molecule has 2 N–H and O–H groups in total. The van der Waals surface area contributed by atoms with Crippen molar-refractivity contribution in [2.45, 2.75) is 19.8 Å². The number of ether oxygens (including phenoxy) is 1. The van der Waals surface area contributed by atoms with Crippen molar-refractivity contribution in [1.29, 1.82) is 0 Å². The standard InChI is InChI=1S/C19H22N2O2/c1-13-11-16(19(22)20-2)4-6-18(13)23-17-5-3-14-7-9-21-10-8-15(14)12-17/h3-6,11-12,21H,7-10H2,1-2H3,(H,20,22). The smallest absolute Gasteiger partial charge is 0.251 e. The van der Waals surface area contributed by atoms with Gasteiger partial charge >= 0.3 is 0 Å². The van der Waals surface area contributed by atoms with Crippen LogP contribution < -0.4 is 15.4 Å². The van der Waals surface area contributed by atoms with Crippen molar-refractivity contribution in [3.63, 3.8) is 0 Å². The van der Waals surface area contributed by atoms with Crippen LogP contribution in [-0.2, 0) is 12.8 Å². The predicted molar refractivity (Wildman–Crippen MR) is 91.4 cm³/mol. The average Bonchev–Trinajstić information content (AvgIpc) is 2.80. The van der Waals surface area contributed by atoms with Crippen molar-refractivity contribution in [3.8, 4) is 11.5 Å². The maximum Gasteiger partial charge on any atom is 0.251 e. The molecule has 0 aromatic heterocycles. The summed E-state index contributed by atoms with van der Waals surface area (Å²) >= 11 is 0. The van der Waals surface area contributed by atoms with Gasteiger partial charge in [-0.1, -0.05) is 6.07 Å². The summed E-state index contributed by atoms with van der Waals surface area (Å²) in [7, 11) is 1.63. The Morgan fingerprint density at radius 3 is 2.61 bits per heavy atom. The molecule has 0 aliphatic carbocycles. The molecule has 0 spiro atoms. The molecule has 0 fully saturated rings. The predicted octanol–water partition coefficient (Wildman–Crippen LogP) is 2.84. The highest BCUT2D eigenvalue weighted by atomic mass is 16.5. The molecule has 1 aliphatic heterocycles. The number of nitrogens with one attached hydrogen (secondary N) is 2. The van der Waals surface area contributed by atoms with E-state index in [-0.39, 0.29) is 5.91 Å². The van der Waals surface area contributed by atoms with Crippen LogP contribution >= 0.6 is 0 Å². The Morgan fingerprint density at radius 1 is 1.09 bits per heavy atom. The summed E-state index contributed by atoms with van der Waals surface area (Å²) in [6.07, 6.45) is 2.09. The van der Waals surface area contributed by atoms with E-state index in [1.54, 1.807) is 13.1 Å². The van der Waals surface area contributed by atoms with Crippen LogP contribution in [0.5, 0.6) is 11.5 Å². The molecule has 0 radical (unpaired) electrons. The number of hydrogen-bond acceptors (Lipinski definition) is 3. The molecule has 0 saturated heterocycles. The summed E-state index contributed by atoms with van der Waals surface area (Å²) in [4.78, 5) is 11.7. The van der Waals surface area contributed by atoms with E-state index in [1.807, 2.05) is 25.1 Å². The number of carbonyl (C=O) groups excluding carboxylic acids is 1. The minimum atomic E-state index is -0.0859. The van der Waals surface area contributed by atoms with Crippen LogP contribution in [0.3, 0.4) is 0 Å². The van der Waals surface area contributed by atoms with Gasteiger partial charge in [-0.15, -0.1) is 0 Å². The van der Waals surface area contributed by atoms with E-state index in [0.717, 1.165) is 43.0 Å². The van der Waals surface area contributed by atoms with E-state index >= 15 is 0 Å². The Labute approximate surface area is 136 Å². The van der Waals surface area contributed by atoms with Gasteiger partial charge in [0.15, 0.2) is 0 Å². The topological polar surface area (TPSA) is 50.4 Å². The van der Waals surface area contributed by atoms with E-state index in [9.17, 15) is 4.79 Å². The fourth-order valence-corrected chi connectivity index (χ4v) is 2.89. The summed E-state index contributed by atoms with van der Waals surface area (Å²) in [6, 6.07) is 11.8. The molecule has 0 bridgehead atoms. The van der Waals surface area contributed by atoms with Crippen molar-refractivity contribution >= 4 is 5.91 Å². The van der Waals surface area contributed by atoms with Gasteiger partial charge in [0.2, 0.25) is 0 Å². The molecule has 120 valence electrons. The third-order valence-electron chi connectivity index (χ3n) is 4.21. The molecule has 0 atom stereocenters. The highest BCUT2D eigenvalue weighted by Gasteiger charge is 2.11. The first kappa shape index (κ1) is 15.6. The third-order valence-corrected chi connectivity index (χ3v) is 4.21. The highest BCUT2D eigenvalue weighted by molar-refractivity contribution is 5.94. The van der Waals surface area contributed by atoms with Gasteiger partial charge in [-0.25, -0.2) is 0 Å². The molecule has 4 heteroatoms. The summed E-state index contributed by atoms with van der Waals surface area (Å²) < 4.78 is 6.03. The zero-order valence-corrected chi connectivity index (χ0v) is 13.6.